The summed E-state index contributed by atoms with van der Waals surface area (Å²) in [7, 11) is 3.78. The number of hydrogen-bond donors (Lipinski definition) is 1. The maximum Gasteiger partial charge on any atom is 0.270 e. The number of likely N-dealkylation sites (N-methyl/N-ethyl adjacent to an activating group) is 1. The van der Waals surface area contributed by atoms with Gasteiger partial charge < -0.3 is 24.8 Å². The third-order valence-electron chi connectivity index (χ3n) is 7.33. The van der Waals surface area contributed by atoms with Gasteiger partial charge in [-0.15, -0.1) is 0 Å². The summed E-state index contributed by atoms with van der Waals surface area (Å²) < 4.78 is 7.31. The highest BCUT2D eigenvalue weighted by atomic mass is 16.5. The Balaban J connectivity index is 1.39. The van der Waals surface area contributed by atoms with Gasteiger partial charge >= 0.3 is 0 Å². The molecule has 1 N–H and O–H groups in total. The lowest BCUT2D eigenvalue weighted by Crippen LogP contribution is -2.44. The monoisotopic (exact) mass is 518 g/mol. The zero-order valence-electron chi connectivity index (χ0n) is 22.0. The molecule has 11 nitrogen and oxygen atoms in total. The second-order valence-corrected chi connectivity index (χ2v) is 9.91. The predicted molar refractivity (Wildman–Crippen MR) is 147 cm³/mol. The zero-order chi connectivity index (χ0) is 26.6. The molecule has 1 unspecified atom stereocenters. The average molecular weight is 519 g/mol. The van der Waals surface area contributed by atoms with Crippen molar-refractivity contribution in [2.24, 2.45) is 5.92 Å². The SMILES string of the molecule is C=CC(=O)N1CCCC(Cn2c(=O)cnc3cnc(Nc4ccc(N5CCN(C)CC5)cc4OC)nc32)C1. The highest BCUT2D eigenvalue weighted by Gasteiger charge is 2.24. The fourth-order valence-corrected chi connectivity index (χ4v) is 5.16. The van der Waals surface area contributed by atoms with E-state index in [-0.39, 0.29) is 17.4 Å². The molecule has 0 bridgehead atoms. The number of aromatic nitrogens is 4. The van der Waals surface area contributed by atoms with E-state index in [9.17, 15) is 9.59 Å². The van der Waals surface area contributed by atoms with E-state index in [4.69, 9.17) is 4.74 Å². The van der Waals surface area contributed by atoms with Crippen molar-refractivity contribution in [2.75, 3.05) is 63.6 Å². The number of anilines is 3. The number of fused-ring (bicyclic) bond motifs is 1. The van der Waals surface area contributed by atoms with Gasteiger partial charge in [0.15, 0.2) is 5.65 Å². The first-order valence-corrected chi connectivity index (χ1v) is 13.0. The maximum atomic E-state index is 12.9. The van der Waals surface area contributed by atoms with Crippen molar-refractivity contribution in [1.29, 1.82) is 0 Å². The summed E-state index contributed by atoms with van der Waals surface area (Å²) in [5.74, 6) is 1.08. The molecule has 0 saturated carbocycles. The van der Waals surface area contributed by atoms with E-state index in [2.05, 4.69) is 49.8 Å². The van der Waals surface area contributed by atoms with Gasteiger partial charge in [0.05, 0.1) is 25.2 Å². The third-order valence-corrected chi connectivity index (χ3v) is 7.33. The lowest BCUT2D eigenvalue weighted by atomic mass is 9.97. The molecule has 2 saturated heterocycles. The Hall–Kier alpha value is -3.99. The number of piperazine rings is 1. The van der Waals surface area contributed by atoms with Crippen LogP contribution in [0.25, 0.3) is 11.2 Å². The smallest absolute Gasteiger partial charge is 0.270 e. The summed E-state index contributed by atoms with van der Waals surface area (Å²) in [6, 6.07) is 6.04. The van der Waals surface area contributed by atoms with Gasteiger partial charge in [0.2, 0.25) is 11.9 Å². The number of rotatable bonds is 7. The number of likely N-dealkylation sites (tertiary alicyclic amines) is 1. The van der Waals surface area contributed by atoms with Crippen LogP contribution in [0.2, 0.25) is 0 Å². The molecule has 0 radical (unpaired) electrons. The van der Waals surface area contributed by atoms with Crippen LogP contribution in [0.3, 0.4) is 0 Å². The Morgan fingerprint density at radius 3 is 2.76 bits per heavy atom. The number of benzene rings is 1. The van der Waals surface area contributed by atoms with Crippen molar-refractivity contribution in [3.63, 3.8) is 0 Å². The molecule has 0 aliphatic carbocycles. The van der Waals surface area contributed by atoms with Crippen LogP contribution >= 0.6 is 0 Å². The molecule has 4 heterocycles. The van der Waals surface area contributed by atoms with Gasteiger partial charge in [0.25, 0.3) is 5.56 Å². The van der Waals surface area contributed by atoms with Crippen molar-refractivity contribution in [1.82, 2.24) is 29.3 Å². The van der Waals surface area contributed by atoms with Crippen LogP contribution in [-0.2, 0) is 11.3 Å². The Labute approximate surface area is 221 Å². The molecule has 2 aliphatic heterocycles. The molecule has 200 valence electrons. The molecule has 1 amide bonds. The Kier molecular flexibility index (Phi) is 7.54. The topological polar surface area (TPSA) is 109 Å². The Morgan fingerprint density at radius 1 is 1.18 bits per heavy atom. The molecule has 11 heteroatoms. The van der Waals surface area contributed by atoms with Gasteiger partial charge in [-0.3, -0.25) is 14.2 Å². The molecule has 1 aromatic carbocycles. The predicted octanol–water partition coefficient (Wildman–Crippen LogP) is 2.12. The minimum atomic E-state index is -0.233. The minimum absolute atomic E-state index is 0.0805. The van der Waals surface area contributed by atoms with Gasteiger partial charge in [0, 0.05) is 57.6 Å². The van der Waals surface area contributed by atoms with E-state index in [1.165, 1.54) is 12.3 Å². The number of methoxy groups -OCH3 is 1. The van der Waals surface area contributed by atoms with Crippen LogP contribution < -0.4 is 20.5 Å². The van der Waals surface area contributed by atoms with Crippen LogP contribution in [0, 0.1) is 5.92 Å². The average Bonchev–Trinajstić information content (AvgIpc) is 2.95. The number of amides is 1. The van der Waals surface area contributed by atoms with Crippen molar-refractivity contribution < 1.29 is 9.53 Å². The summed E-state index contributed by atoms with van der Waals surface area (Å²) in [5, 5.41) is 3.25. The maximum absolute atomic E-state index is 12.9. The lowest BCUT2D eigenvalue weighted by Gasteiger charge is -2.34. The van der Waals surface area contributed by atoms with Gasteiger partial charge in [-0.2, -0.15) is 4.98 Å². The minimum Gasteiger partial charge on any atom is -0.494 e. The van der Waals surface area contributed by atoms with Crippen molar-refractivity contribution in [2.45, 2.75) is 19.4 Å². The van der Waals surface area contributed by atoms with E-state index >= 15 is 0 Å². The van der Waals surface area contributed by atoms with Crippen molar-refractivity contribution in [3.8, 4) is 5.75 Å². The Bertz CT molecular complexity index is 1380. The number of hydrogen-bond acceptors (Lipinski definition) is 9. The number of ether oxygens (including phenoxy) is 1. The van der Waals surface area contributed by atoms with E-state index < -0.39 is 0 Å². The van der Waals surface area contributed by atoms with Crippen molar-refractivity contribution >= 4 is 34.4 Å². The van der Waals surface area contributed by atoms with E-state index in [0.717, 1.165) is 50.4 Å². The summed E-state index contributed by atoms with van der Waals surface area (Å²) in [4.78, 5) is 44.8. The molecular weight excluding hydrogens is 484 g/mol. The molecule has 5 rings (SSSR count). The normalized spacial score (nSPS) is 18.4. The second kappa shape index (κ2) is 11.2. The summed E-state index contributed by atoms with van der Waals surface area (Å²) in [6.45, 7) is 9.29. The zero-order valence-corrected chi connectivity index (χ0v) is 22.0. The van der Waals surface area contributed by atoms with Gasteiger partial charge in [-0.1, -0.05) is 6.58 Å². The molecule has 2 aromatic heterocycles. The number of piperidine rings is 1. The van der Waals surface area contributed by atoms with Gasteiger partial charge in [-0.25, -0.2) is 9.97 Å². The molecule has 1 atom stereocenters. The molecular formula is C27H34N8O3. The number of nitrogens with one attached hydrogen (secondary N) is 1. The van der Waals surface area contributed by atoms with Crippen LogP contribution in [0.4, 0.5) is 17.3 Å². The van der Waals surface area contributed by atoms with Crippen LogP contribution in [0.5, 0.6) is 5.75 Å². The molecule has 2 fully saturated rings. The van der Waals surface area contributed by atoms with Crippen LogP contribution in [0.15, 0.2) is 48.0 Å². The summed E-state index contributed by atoms with van der Waals surface area (Å²) in [6.07, 6.45) is 6.06. The third kappa shape index (κ3) is 5.47. The number of carbonyl (C=O) groups is 1. The summed E-state index contributed by atoms with van der Waals surface area (Å²) >= 11 is 0. The lowest BCUT2D eigenvalue weighted by molar-refractivity contribution is -0.127. The second-order valence-electron chi connectivity index (χ2n) is 9.91. The van der Waals surface area contributed by atoms with E-state index in [1.54, 1.807) is 22.8 Å². The van der Waals surface area contributed by atoms with E-state index in [1.807, 2.05) is 12.1 Å². The molecule has 38 heavy (non-hydrogen) atoms. The van der Waals surface area contributed by atoms with Gasteiger partial charge in [-0.05, 0) is 44.0 Å². The first kappa shape index (κ1) is 25.7. The van der Waals surface area contributed by atoms with Crippen LogP contribution in [0.1, 0.15) is 12.8 Å². The first-order chi connectivity index (χ1) is 18.4. The molecule has 3 aromatic rings. The Morgan fingerprint density at radius 2 is 2.00 bits per heavy atom. The quantitative estimate of drug-likeness (QED) is 0.471. The number of nitrogens with zero attached hydrogens (tertiary/aromatic N) is 7. The van der Waals surface area contributed by atoms with Crippen molar-refractivity contribution in [3.05, 3.63) is 53.6 Å². The molecule has 0 spiro atoms. The van der Waals surface area contributed by atoms with Crippen LogP contribution in [-0.4, -0.2) is 88.7 Å². The fourth-order valence-electron chi connectivity index (χ4n) is 5.16. The first-order valence-electron chi connectivity index (χ1n) is 13.0. The van der Waals surface area contributed by atoms with E-state index in [0.29, 0.717) is 42.5 Å². The highest BCUT2D eigenvalue weighted by Crippen LogP contribution is 2.32. The highest BCUT2D eigenvalue weighted by molar-refractivity contribution is 5.87. The fraction of sp³-hybridized carbons (Fsp3) is 0.444. The molecule has 2 aliphatic rings. The largest absolute Gasteiger partial charge is 0.494 e. The summed E-state index contributed by atoms with van der Waals surface area (Å²) in [5.41, 5.74) is 2.59. The van der Waals surface area contributed by atoms with Gasteiger partial charge in [0.1, 0.15) is 11.3 Å². The number of carbonyl (C=O) groups excluding carboxylic acids is 1. The standard InChI is InChI=1S/C27H34N8O3/c1-4-24(36)34-9-5-6-19(17-34)18-35-25(37)16-28-22-15-29-27(31-26(22)35)30-21-8-7-20(14-23(21)38-3)33-12-10-32(2)11-13-33/h4,7-8,14-16,19H,1,5-6,9-13,17-18H2,2-3H3,(H,29,30,31).